The highest BCUT2D eigenvalue weighted by Crippen LogP contribution is 2.05. The van der Waals surface area contributed by atoms with Crippen molar-refractivity contribution in [3.05, 3.63) is 22.9 Å². The summed E-state index contributed by atoms with van der Waals surface area (Å²) in [6.45, 7) is 6.10. The number of imidazole rings is 1. The van der Waals surface area contributed by atoms with Crippen LogP contribution in [0.2, 0.25) is 0 Å². The van der Waals surface area contributed by atoms with Crippen LogP contribution in [-0.2, 0) is 11.3 Å². The highest BCUT2D eigenvalue weighted by molar-refractivity contribution is 5.81. The van der Waals surface area contributed by atoms with E-state index in [4.69, 9.17) is 0 Å². The second-order valence-corrected chi connectivity index (χ2v) is 3.27. The molecule has 78 valence electrons. The molecule has 0 N–H and O–H groups in total. The van der Waals surface area contributed by atoms with Gasteiger partial charge in [-0.05, 0) is 13.8 Å². The molecule has 0 fully saturated rings. The van der Waals surface area contributed by atoms with Crippen molar-refractivity contribution in [3.8, 4) is 0 Å². The normalized spacial score (nSPS) is 12.8. The lowest BCUT2D eigenvalue weighted by atomic mass is 10.2. The van der Waals surface area contributed by atoms with Crippen LogP contribution < -0.4 is 5.69 Å². The Morgan fingerprint density at radius 2 is 2.07 bits per heavy atom. The number of nitrogens with zero attached hydrogens (tertiary/aromatic N) is 2. The number of carbonyl (C=O) groups is 1. The first-order valence-corrected chi connectivity index (χ1v) is 4.91. The first kappa shape index (κ1) is 10.8. The number of rotatable bonds is 4. The fraction of sp³-hybridized carbons (Fsp3) is 0.600. The third kappa shape index (κ3) is 1.78. The van der Waals surface area contributed by atoms with Crippen LogP contribution in [0.25, 0.3) is 0 Å². The minimum atomic E-state index is -0.347. The van der Waals surface area contributed by atoms with Crippen molar-refractivity contribution < 1.29 is 4.79 Å². The van der Waals surface area contributed by atoms with Crippen molar-refractivity contribution in [2.75, 3.05) is 0 Å². The topological polar surface area (TPSA) is 44.0 Å². The Labute approximate surface area is 83.2 Å². The summed E-state index contributed by atoms with van der Waals surface area (Å²) >= 11 is 0. The van der Waals surface area contributed by atoms with Gasteiger partial charge >= 0.3 is 5.69 Å². The number of hydrogen-bond donors (Lipinski definition) is 0. The van der Waals surface area contributed by atoms with Crippen LogP contribution in [0.5, 0.6) is 0 Å². The third-order valence-electron chi connectivity index (χ3n) is 2.45. The number of carbonyl (C=O) groups excluding carboxylic acids is 1. The van der Waals surface area contributed by atoms with Gasteiger partial charge in [0.1, 0.15) is 0 Å². The monoisotopic (exact) mass is 196 g/mol. The maximum absolute atomic E-state index is 11.6. The van der Waals surface area contributed by atoms with Crippen molar-refractivity contribution in [3.63, 3.8) is 0 Å². The molecule has 1 unspecified atom stereocenters. The molecule has 1 atom stereocenters. The van der Waals surface area contributed by atoms with Gasteiger partial charge in [0.05, 0.1) is 6.04 Å². The van der Waals surface area contributed by atoms with Crippen molar-refractivity contribution in [2.45, 2.75) is 39.8 Å². The van der Waals surface area contributed by atoms with E-state index in [1.165, 1.54) is 4.57 Å². The highest BCUT2D eigenvalue weighted by Gasteiger charge is 2.15. The predicted octanol–water partition coefficient (Wildman–Crippen LogP) is 1.21. The van der Waals surface area contributed by atoms with E-state index in [0.29, 0.717) is 13.0 Å². The average molecular weight is 196 g/mol. The molecule has 0 aliphatic heterocycles. The number of hydrogen-bond acceptors (Lipinski definition) is 2. The molecule has 1 aromatic heterocycles. The lowest BCUT2D eigenvalue weighted by Crippen LogP contribution is -2.29. The van der Waals surface area contributed by atoms with Gasteiger partial charge in [0.15, 0.2) is 5.78 Å². The molecule has 0 saturated heterocycles. The zero-order chi connectivity index (χ0) is 10.7. The second kappa shape index (κ2) is 4.26. The minimum absolute atomic E-state index is 0.0842. The fourth-order valence-corrected chi connectivity index (χ4v) is 1.41. The summed E-state index contributed by atoms with van der Waals surface area (Å²) in [5.41, 5.74) is -0.109. The van der Waals surface area contributed by atoms with E-state index in [1.807, 2.05) is 6.92 Å². The molecule has 14 heavy (non-hydrogen) atoms. The Morgan fingerprint density at radius 1 is 1.43 bits per heavy atom. The molecular weight excluding hydrogens is 180 g/mol. The molecular formula is C10H16N2O2. The predicted molar refractivity (Wildman–Crippen MR) is 54.4 cm³/mol. The standard InChI is InChI=1S/C10H16N2O2/c1-4-9(13)8(3)12-7-6-11(5-2)10(12)14/h6-8H,4-5H2,1-3H3. The van der Waals surface area contributed by atoms with Crippen LogP contribution in [-0.4, -0.2) is 14.9 Å². The Bertz CT molecular complexity index is 376. The molecule has 0 aliphatic rings. The zero-order valence-corrected chi connectivity index (χ0v) is 8.86. The second-order valence-electron chi connectivity index (χ2n) is 3.27. The average Bonchev–Trinajstić information content (AvgIpc) is 2.57. The smallest absolute Gasteiger partial charge is 0.299 e. The van der Waals surface area contributed by atoms with Crippen LogP contribution in [0, 0.1) is 0 Å². The summed E-state index contributed by atoms with van der Waals surface area (Å²) in [5, 5.41) is 0. The number of aromatic nitrogens is 2. The highest BCUT2D eigenvalue weighted by atomic mass is 16.2. The molecule has 1 heterocycles. The van der Waals surface area contributed by atoms with E-state index in [2.05, 4.69) is 0 Å². The molecule has 0 amide bonds. The van der Waals surface area contributed by atoms with Crippen LogP contribution >= 0.6 is 0 Å². The molecule has 0 radical (unpaired) electrons. The van der Waals surface area contributed by atoms with Crippen molar-refractivity contribution in [2.24, 2.45) is 0 Å². The van der Waals surface area contributed by atoms with Gasteiger partial charge in [0, 0.05) is 25.4 Å². The van der Waals surface area contributed by atoms with E-state index in [0.717, 1.165) is 0 Å². The molecule has 1 aromatic rings. The van der Waals surface area contributed by atoms with Crippen LogP contribution in [0.1, 0.15) is 33.2 Å². The molecule has 4 nitrogen and oxygen atoms in total. The lowest BCUT2D eigenvalue weighted by Gasteiger charge is -2.09. The Hall–Kier alpha value is -1.32. The summed E-state index contributed by atoms with van der Waals surface area (Å²) < 4.78 is 3.06. The maximum atomic E-state index is 11.6. The summed E-state index contributed by atoms with van der Waals surface area (Å²) in [6, 6.07) is -0.347. The largest absolute Gasteiger partial charge is 0.328 e. The fourth-order valence-electron chi connectivity index (χ4n) is 1.41. The SMILES string of the molecule is CCC(=O)C(C)n1ccn(CC)c1=O. The number of Topliss-reactive ketones (excluding diaryl/α,β-unsaturated/α-hetero) is 1. The van der Waals surface area contributed by atoms with Gasteiger partial charge in [-0.2, -0.15) is 0 Å². The lowest BCUT2D eigenvalue weighted by molar-refractivity contribution is -0.121. The van der Waals surface area contributed by atoms with E-state index in [1.54, 1.807) is 30.8 Å². The van der Waals surface area contributed by atoms with Crippen molar-refractivity contribution in [1.29, 1.82) is 0 Å². The maximum Gasteiger partial charge on any atom is 0.328 e. The quantitative estimate of drug-likeness (QED) is 0.726. The first-order chi connectivity index (χ1) is 6.61. The van der Waals surface area contributed by atoms with Crippen molar-refractivity contribution >= 4 is 5.78 Å². The Kier molecular flexibility index (Phi) is 3.28. The molecule has 0 saturated carbocycles. The van der Waals surface area contributed by atoms with Crippen LogP contribution in [0.4, 0.5) is 0 Å². The van der Waals surface area contributed by atoms with Crippen molar-refractivity contribution in [1.82, 2.24) is 9.13 Å². The van der Waals surface area contributed by atoms with Gasteiger partial charge < -0.3 is 0 Å². The van der Waals surface area contributed by atoms with E-state index in [-0.39, 0.29) is 17.5 Å². The molecule has 0 aromatic carbocycles. The van der Waals surface area contributed by atoms with Gasteiger partial charge in [-0.1, -0.05) is 6.92 Å². The number of ketones is 1. The van der Waals surface area contributed by atoms with E-state index >= 15 is 0 Å². The molecule has 1 rings (SSSR count). The first-order valence-electron chi connectivity index (χ1n) is 4.91. The van der Waals surface area contributed by atoms with Gasteiger partial charge in [-0.15, -0.1) is 0 Å². The van der Waals surface area contributed by atoms with Gasteiger partial charge in [0.2, 0.25) is 0 Å². The molecule has 0 bridgehead atoms. The summed E-state index contributed by atoms with van der Waals surface area (Å²) in [6.07, 6.45) is 3.84. The third-order valence-corrected chi connectivity index (χ3v) is 2.45. The van der Waals surface area contributed by atoms with E-state index < -0.39 is 0 Å². The Morgan fingerprint density at radius 3 is 2.50 bits per heavy atom. The summed E-state index contributed by atoms with van der Waals surface area (Å²) in [7, 11) is 0. The van der Waals surface area contributed by atoms with Gasteiger partial charge in [-0.3, -0.25) is 13.9 Å². The van der Waals surface area contributed by atoms with Gasteiger partial charge in [0.25, 0.3) is 0 Å². The zero-order valence-electron chi connectivity index (χ0n) is 8.86. The number of aryl methyl sites for hydroxylation is 1. The summed E-state index contributed by atoms with van der Waals surface area (Å²) in [4.78, 5) is 23.0. The van der Waals surface area contributed by atoms with Crippen LogP contribution in [0.3, 0.4) is 0 Å². The molecule has 0 spiro atoms. The molecule has 4 heteroatoms. The minimum Gasteiger partial charge on any atom is -0.299 e. The van der Waals surface area contributed by atoms with E-state index in [9.17, 15) is 9.59 Å². The molecule has 0 aliphatic carbocycles. The van der Waals surface area contributed by atoms with Crippen LogP contribution in [0.15, 0.2) is 17.2 Å². The van der Waals surface area contributed by atoms with Gasteiger partial charge in [-0.25, -0.2) is 4.79 Å². The summed E-state index contributed by atoms with van der Waals surface area (Å²) in [5.74, 6) is 0.0842. The Balaban J connectivity index is 3.02.